The molecular formula is C22H26Cl4N2O7S. The summed E-state index contributed by atoms with van der Waals surface area (Å²) >= 11 is 24.0. The second kappa shape index (κ2) is 13.3. The second-order valence-corrected chi connectivity index (χ2v) is 12.7. The zero-order valence-electron chi connectivity index (χ0n) is 19.7. The predicted octanol–water partition coefficient (Wildman–Crippen LogP) is 4.05. The Morgan fingerprint density at radius 3 is 2.33 bits per heavy atom. The van der Waals surface area contributed by atoms with E-state index < -0.39 is 50.9 Å². The molecule has 0 saturated carbocycles. The fraction of sp³-hybridized carbons (Fsp3) is 0.545. The van der Waals surface area contributed by atoms with Crippen LogP contribution in [0.1, 0.15) is 26.3 Å². The molecule has 14 heteroatoms. The molecule has 1 aliphatic heterocycles. The molecule has 0 spiro atoms. The third kappa shape index (κ3) is 10.0. The van der Waals surface area contributed by atoms with E-state index in [-0.39, 0.29) is 24.7 Å². The van der Waals surface area contributed by atoms with Crippen LogP contribution in [0.25, 0.3) is 0 Å². The lowest BCUT2D eigenvalue weighted by Gasteiger charge is -2.48. The lowest BCUT2D eigenvalue weighted by molar-refractivity contribution is -0.167. The number of β-lactam (4-membered cyclic amide) rings is 1. The molecule has 0 radical (unpaired) electrons. The van der Waals surface area contributed by atoms with Gasteiger partial charge in [0.25, 0.3) is 5.91 Å². The molecule has 2 amide bonds. The van der Waals surface area contributed by atoms with Crippen LogP contribution in [0.3, 0.4) is 0 Å². The zero-order valence-corrected chi connectivity index (χ0v) is 23.5. The van der Waals surface area contributed by atoms with Crippen molar-refractivity contribution in [2.24, 2.45) is 0 Å². The van der Waals surface area contributed by atoms with Crippen molar-refractivity contribution in [3.63, 3.8) is 0 Å². The maximum atomic E-state index is 12.9. The van der Waals surface area contributed by atoms with Crippen LogP contribution in [0, 0.1) is 0 Å². The summed E-state index contributed by atoms with van der Waals surface area (Å²) in [4.78, 5) is 50.6. The van der Waals surface area contributed by atoms with Gasteiger partial charge in [0, 0.05) is 5.75 Å². The number of alkyl halides is 4. The maximum Gasteiger partial charge on any atom is 0.508 e. The van der Waals surface area contributed by atoms with E-state index >= 15 is 0 Å². The molecule has 1 heterocycles. The minimum atomic E-state index is -1.78. The van der Waals surface area contributed by atoms with Gasteiger partial charge in [0.15, 0.2) is 0 Å². The number of halogens is 4. The highest BCUT2D eigenvalue weighted by Crippen LogP contribution is 2.34. The van der Waals surface area contributed by atoms with E-state index in [1.54, 1.807) is 45.0 Å². The molecule has 0 bridgehead atoms. The summed E-state index contributed by atoms with van der Waals surface area (Å²) in [5.74, 6) is -1.54. The Bertz CT molecular complexity index is 941. The Labute approximate surface area is 233 Å². The van der Waals surface area contributed by atoms with Gasteiger partial charge in [-0.3, -0.25) is 14.5 Å². The molecule has 1 N–H and O–H groups in total. The Balaban J connectivity index is 1.99. The number of carbonyl (C=O) groups excluding carboxylic acids is 4. The molecule has 9 nitrogen and oxygen atoms in total. The monoisotopic (exact) mass is 602 g/mol. The normalized spacial score (nSPS) is 18.6. The van der Waals surface area contributed by atoms with Gasteiger partial charge >= 0.3 is 12.1 Å². The first-order valence-corrected chi connectivity index (χ1v) is 13.3. The molecule has 1 unspecified atom stereocenters. The molecule has 1 saturated heterocycles. The van der Waals surface area contributed by atoms with E-state index in [2.05, 4.69) is 10.1 Å². The topological polar surface area (TPSA) is 111 Å². The van der Waals surface area contributed by atoms with E-state index in [0.717, 1.165) is 22.2 Å². The van der Waals surface area contributed by atoms with Crippen molar-refractivity contribution in [1.82, 2.24) is 10.2 Å². The summed E-state index contributed by atoms with van der Waals surface area (Å²) in [7, 11) is 0. The molecular weight excluding hydrogens is 578 g/mol. The standard InChI is InChI=1S/C22H26Cl4N2O7S/c1-21(2,3)35-19(31)16(23)28-17(30)15(27-14(29)11-13-7-5-4-6-8-13)18(28)36-10-9-33-20(32)34-12-22(24,25)26/h4-8,15-16,18H,9-12H2,1-3H3,(H,27,29)/t15-,16?,18-/m0/s1. The Hall–Kier alpha value is -1.59. The van der Waals surface area contributed by atoms with Crippen molar-refractivity contribution in [3.8, 4) is 0 Å². The lowest BCUT2D eigenvalue weighted by Crippen LogP contribution is -2.72. The van der Waals surface area contributed by atoms with Crippen LogP contribution < -0.4 is 5.32 Å². The van der Waals surface area contributed by atoms with Crippen molar-refractivity contribution in [1.29, 1.82) is 0 Å². The third-order valence-corrected chi connectivity index (χ3v) is 6.35. The number of rotatable bonds is 10. The van der Waals surface area contributed by atoms with Crippen molar-refractivity contribution in [3.05, 3.63) is 35.9 Å². The van der Waals surface area contributed by atoms with Crippen LogP contribution >= 0.6 is 58.2 Å². The van der Waals surface area contributed by atoms with Crippen molar-refractivity contribution < 1.29 is 33.4 Å². The number of esters is 1. The van der Waals surface area contributed by atoms with Gasteiger partial charge in [-0.1, -0.05) is 76.7 Å². The van der Waals surface area contributed by atoms with E-state index in [1.165, 1.54) is 0 Å². The summed E-state index contributed by atoms with van der Waals surface area (Å²) in [5, 5.41) is 1.97. The molecule has 1 aromatic carbocycles. The van der Waals surface area contributed by atoms with Gasteiger partial charge in [0.1, 0.15) is 30.2 Å². The Kier molecular flexibility index (Phi) is 11.3. The Morgan fingerprint density at radius 1 is 1.11 bits per heavy atom. The fourth-order valence-electron chi connectivity index (χ4n) is 2.98. The van der Waals surface area contributed by atoms with Crippen LogP contribution in [0.5, 0.6) is 0 Å². The zero-order chi connectivity index (χ0) is 27.1. The molecule has 1 aliphatic rings. The van der Waals surface area contributed by atoms with Crippen LogP contribution in [0.4, 0.5) is 4.79 Å². The number of thioether (sulfide) groups is 1. The number of carbonyl (C=O) groups is 4. The molecule has 1 aromatic rings. The van der Waals surface area contributed by atoms with Gasteiger partial charge in [0.05, 0.1) is 6.42 Å². The highest BCUT2D eigenvalue weighted by Gasteiger charge is 2.53. The molecule has 0 aliphatic carbocycles. The summed E-state index contributed by atoms with van der Waals surface area (Å²) in [5.41, 5.74) is -1.45. The average Bonchev–Trinajstić information content (AvgIpc) is 2.76. The molecule has 3 atom stereocenters. The van der Waals surface area contributed by atoms with Gasteiger partial charge in [0.2, 0.25) is 15.2 Å². The first-order chi connectivity index (χ1) is 16.7. The smallest absolute Gasteiger partial charge is 0.458 e. The van der Waals surface area contributed by atoms with Crippen LogP contribution in [0.2, 0.25) is 0 Å². The van der Waals surface area contributed by atoms with Gasteiger partial charge in [-0.2, -0.15) is 0 Å². The van der Waals surface area contributed by atoms with Crippen molar-refractivity contribution >= 4 is 82.1 Å². The highest BCUT2D eigenvalue weighted by molar-refractivity contribution is 8.00. The number of amides is 2. The number of hydrogen-bond acceptors (Lipinski definition) is 8. The van der Waals surface area contributed by atoms with E-state index in [4.69, 9.17) is 55.9 Å². The fourth-order valence-corrected chi connectivity index (χ4v) is 4.66. The largest absolute Gasteiger partial charge is 0.508 e. The van der Waals surface area contributed by atoms with Gasteiger partial charge < -0.3 is 19.5 Å². The molecule has 36 heavy (non-hydrogen) atoms. The minimum Gasteiger partial charge on any atom is -0.458 e. The lowest BCUT2D eigenvalue weighted by atomic mass is 10.1. The predicted molar refractivity (Wildman–Crippen MR) is 138 cm³/mol. The first kappa shape index (κ1) is 30.6. The summed E-state index contributed by atoms with van der Waals surface area (Å²) in [6.45, 7) is 4.40. The average molecular weight is 604 g/mol. The van der Waals surface area contributed by atoms with Gasteiger partial charge in [-0.25, -0.2) is 9.59 Å². The van der Waals surface area contributed by atoms with Gasteiger partial charge in [-0.15, -0.1) is 11.8 Å². The minimum absolute atomic E-state index is 0.0660. The number of likely N-dealkylation sites (tertiary alicyclic amines) is 1. The molecule has 2 rings (SSSR count). The third-order valence-electron chi connectivity index (χ3n) is 4.39. The number of hydrogen-bond donors (Lipinski definition) is 1. The van der Waals surface area contributed by atoms with E-state index in [0.29, 0.717) is 0 Å². The molecule has 1 fully saturated rings. The van der Waals surface area contributed by atoms with Crippen molar-refractivity contribution in [2.75, 3.05) is 19.0 Å². The SMILES string of the molecule is CC(C)(C)OC(=O)C(Cl)N1C(=O)[C@H](NC(=O)Cc2ccccc2)[C@@H]1SCCOC(=O)OCC(Cl)(Cl)Cl. The number of ether oxygens (including phenoxy) is 3. The summed E-state index contributed by atoms with van der Waals surface area (Å²) < 4.78 is 13.1. The summed E-state index contributed by atoms with van der Waals surface area (Å²) in [6.07, 6.45) is -0.976. The number of nitrogens with one attached hydrogen (secondary N) is 1. The van der Waals surface area contributed by atoms with Crippen LogP contribution in [-0.2, 0) is 35.0 Å². The van der Waals surface area contributed by atoms with E-state index in [9.17, 15) is 19.2 Å². The molecule has 0 aromatic heterocycles. The molecule has 200 valence electrons. The number of benzene rings is 1. The maximum absolute atomic E-state index is 12.9. The van der Waals surface area contributed by atoms with Gasteiger partial charge in [-0.05, 0) is 26.3 Å². The van der Waals surface area contributed by atoms with Crippen LogP contribution in [-0.4, -0.2) is 74.1 Å². The second-order valence-electron chi connectivity index (χ2n) is 8.59. The highest BCUT2D eigenvalue weighted by atomic mass is 35.6. The van der Waals surface area contributed by atoms with Crippen molar-refractivity contribution in [2.45, 2.75) is 53.5 Å². The van der Waals surface area contributed by atoms with Crippen LogP contribution in [0.15, 0.2) is 30.3 Å². The van der Waals surface area contributed by atoms with E-state index in [1.807, 2.05) is 6.07 Å². The summed E-state index contributed by atoms with van der Waals surface area (Å²) in [6, 6.07) is 8.07. The Morgan fingerprint density at radius 2 is 1.75 bits per heavy atom. The first-order valence-electron chi connectivity index (χ1n) is 10.7. The quantitative estimate of drug-likeness (QED) is 0.140. The number of nitrogens with zero attached hydrogens (tertiary/aromatic N) is 1.